The number of hydrogen-bond donors (Lipinski definition) is 0. The number of carbonyl (C=O) groups is 2. The predicted molar refractivity (Wildman–Crippen MR) is 129 cm³/mol. The van der Waals surface area contributed by atoms with Crippen LogP contribution in [0, 0.1) is 5.92 Å². The minimum atomic E-state index is -0.929. The van der Waals surface area contributed by atoms with E-state index in [4.69, 9.17) is 9.57 Å². The van der Waals surface area contributed by atoms with Gasteiger partial charge in [0, 0.05) is 10.9 Å². The molecule has 0 radical (unpaired) electrons. The summed E-state index contributed by atoms with van der Waals surface area (Å²) >= 11 is 0. The molecule has 0 aromatic heterocycles. The van der Waals surface area contributed by atoms with E-state index in [2.05, 4.69) is 0 Å². The molecule has 4 aromatic rings. The van der Waals surface area contributed by atoms with Crippen LogP contribution in [-0.2, 0) is 14.4 Å². The third kappa shape index (κ3) is 2.99. The molecular formula is C28H22N2O4. The van der Waals surface area contributed by atoms with Gasteiger partial charge in [-0.05, 0) is 29.7 Å². The Hall–Kier alpha value is -4.16. The zero-order chi connectivity index (χ0) is 23.2. The smallest absolute Gasteiger partial charge is 0.266 e. The first kappa shape index (κ1) is 20.4. The van der Waals surface area contributed by atoms with E-state index in [0.717, 1.165) is 22.0 Å². The number of amides is 2. The average Bonchev–Trinajstić information content (AvgIpc) is 3.40. The van der Waals surface area contributed by atoms with Gasteiger partial charge in [0.25, 0.3) is 5.91 Å². The molecule has 4 aromatic carbocycles. The van der Waals surface area contributed by atoms with E-state index in [0.29, 0.717) is 11.4 Å². The summed E-state index contributed by atoms with van der Waals surface area (Å²) in [5.74, 6) is -0.713. The maximum absolute atomic E-state index is 14.0. The molecule has 2 aliphatic heterocycles. The van der Waals surface area contributed by atoms with Gasteiger partial charge >= 0.3 is 0 Å². The lowest BCUT2D eigenvalue weighted by Gasteiger charge is -2.29. The molecule has 2 aliphatic rings. The number of rotatable bonds is 4. The number of carbonyl (C=O) groups excluding carboxylic acids is 2. The highest BCUT2D eigenvalue weighted by Crippen LogP contribution is 2.49. The molecule has 0 aliphatic carbocycles. The van der Waals surface area contributed by atoms with Gasteiger partial charge in [-0.3, -0.25) is 14.4 Å². The number of anilines is 2. The fraction of sp³-hybridized carbons (Fsp3) is 0.143. The number of hydroxylamine groups is 1. The van der Waals surface area contributed by atoms with Crippen LogP contribution in [0.25, 0.3) is 10.8 Å². The van der Waals surface area contributed by atoms with E-state index in [9.17, 15) is 9.59 Å². The van der Waals surface area contributed by atoms with Crippen molar-refractivity contribution in [2.75, 3.05) is 17.1 Å². The normalized spacial score (nSPS) is 21.9. The molecule has 2 fully saturated rings. The molecule has 3 atom stereocenters. The van der Waals surface area contributed by atoms with E-state index in [1.807, 2.05) is 97.1 Å². The van der Waals surface area contributed by atoms with E-state index >= 15 is 0 Å². The first-order valence-corrected chi connectivity index (χ1v) is 11.2. The molecule has 168 valence electrons. The van der Waals surface area contributed by atoms with Crippen molar-refractivity contribution in [3.63, 3.8) is 0 Å². The average molecular weight is 450 g/mol. The molecule has 2 heterocycles. The summed E-state index contributed by atoms with van der Waals surface area (Å²) < 4.78 is 5.63. The zero-order valence-corrected chi connectivity index (χ0v) is 18.5. The quantitative estimate of drug-likeness (QED) is 0.414. The second-order valence-corrected chi connectivity index (χ2v) is 8.41. The zero-order valence-electron chi connectivity index (χ0n) is 18.5. The standard InChI is InChI=1S/C28H22N2O4/c1-33-23-17-8-7-15-21(23)25-24-26(34-30(25)19-12-3-2-4-13-19)28(32)29(27(24)31)22-16-9-11-18-10-5-6-14-20(18)22/h2-17,24-26H,1H3/t24-,25+,26+/m0/s1. The minimum Gasteiger partial charge on any atom is -0.496 e. The highest BCUT2D eigenvalue weighted by atomic mass is 16.7. The number of imide groups is 1. The van der Waals surface area contributed by atoms with Crippen LogP contribution in [0.4, 0.5) is 11.4 Å². The van der Waals surface area contributed by atoms with Crippen molar-refractivity contribution in [2.45, 2.75) is 12.1 Å². The van der Waals surface area contributed by atoms with Crippen molar-refractivity contribution in [3.05, 3.63) is 103 Å². The molecule has 34 heavy (non-hydrogen) atoms. The van der Waals surface area contributed by atoms with Crippen LogP contribution in [0.5, 0.6) is 5.75 Å². The second kappa shape index (κ2) is 8.01. The largest absolute Gasteiger partial charge is 0.496 e. The Bertz CT molecular complexity index is 1400. The van der Waals surface area contributed by atoms with Gasteiger partial charge in [-0.25, -0.2) is 9.96 Å². The van der Waals surface area contributed by atoms with Gasteiger partial charge in [0.1, 0.15) is 11.7 Å². The lowest BCUT2D eigenvalue weighted by molar-refractivity contribution is -0.126. The van der Waals surface area contributed by atoms with Crippen LogP contribution in [0.15, 0.2) is 97.1 Å². The van der Waals surface area contributed by atoms with Crippen molar-refractivity contribution >= 4 is 34.0 Å². The molecule has 0 spiro atoms. The molecule has 2 saturated heterocycles. The number of ether oxygens (including phenoxy) is 1. The highest BCUT2D eigenvalue weighted by molar-refractivity contribution is 6.26. The molecule has 0 saturated carbocycles. The topological polar surface area (TPSA) is 59.1 Å². The van der Waals surface area contributed by atoms with Crippen LogP contribution in [-0.4, -0.2) is 25.0 Å². The van der Waals surface area contributed by atoms with E-state index in [1.54, 1.807) is 12.2 Å². The second-order valence-electron chi connectivity index (χ2n) is 8.41. The van der Waals surface area contributed by atoms with Crippen molar-refractivity contribution in [2.24, 2.45) is 5.92 Å². The first-order valence-electron chi connectivity index (χ1n) is 11.2. The summed E-state index contributed by atoms with van der Waals surface area (Å²) in [5, 5.41) is 3.50. The van der Waals surface area contributed by atoms with Crippen LogP contribution >= 0.6 is 0 Å². The lowest BCUT2D eigenvalue weighted by atomic mass is 9.90. The van der Waals surface area contributed by atoms with Gasteiger partial charge in [0.2, 0.25) is 5.91 Å². The summed E-state index contributed by atoms with van der Waals surface area (Å²) in [6, 6.07) is 29.9. The Morgan fingerprint density at radius 1 is 0.765 bits per heavy atom. The van der Waals surface area contributed by atoms with E-state index < -0.39 is 18.1 Å². The summed E-state index contributed by atoms with van der Waals surface area (Å²) in [6.07, 6.45) is -0.929. The predicted octanol–water partition coefficient (Wildman–Crippen LogP) is 4.90. The van der Waals surface area contributed by atoms with Gasteiger partial charge < -0.3 is 4.74 Å². The van der Waals surface area contributed by atoms with Gasteiger partial charge in [-0.15, -0.1) is 0 Å². The third-order valence-corrected chi connectivity index (χ3v) is 6.59. The highest BCUT2D eigenvalue weighted by Gasteiger charge is 2.60. The first-order chi connectivity index (χ1) is 16.7. The molecule has 2 amide bonds. The maximum atomic E-state index is 14.0. The van der Waals surface area contributed by atoms with Crippen LogP contribution in [0.3, 0.4) is 0 Å². The van der Waals surface area contributed by atoms with Gasteiger partial charge in [0.05, 0.1) is 24.5 Å². The van der Waals surface area contributed by atoms with Crippen molar-refractivity contribution in [1.82, 2.24) is 0 Å². The van der Waals surface area contributed by atoms with Crippen molar-refractivity contribution in [3.8, 4) is 5.75 Å². The number of benzene rings is 4. The van der Waals surface area contributed by atoms with Gasteiger partial charge in [-0.2, -0.15) is 0 Å². The fourth-order valence-corrected chi connectivity index (χ4v) is 5.08. The number of methoxy groups -OCH3 is 1. The number of nitrogens with zero attached hydrogens (tertiary/aromatic N) is 2. The lowest BCUT2D eigenvalue weighted by Crippen LogP contribution is -2.37. The van der Waals surface area contributed by atoms with E-state index in [1.165, 1.54) is 4.90 Å². The SMILES string of the molecule is COc1ccccc1[C@@H]1[C@@H]2C(=O)N(c3cccc4ccccc34)C(=O)[C@@H]2ON1c1ccccc1. The summed E-state index contributed by atoms with van der Waals surface area (Å²) in [4.78, 5) is 35.2. The molecule has 6 rings (SSSR count). The maximum Gasteiger partial charge on any atom is 0.266 e. The fourth-order valence-electron chi connectivity index (χ4n) is 5.08. The van der Waals surface area contributed by atoms with E-state index in [-0.39, 0.29) is 11.8 Å². The van der Waals surface area contributed by atoms with Crippen molar-refractivity contribution < 1.29 is 19.2 Å². The molecule has 0 unspecified atom stereocenters. The Morgan fingerprint density at radius 2 is 1.47 bits per heavy atom. The van der Waals surface area contributed by atoms with Crippen molar-refractivity contribution in [1.29, 1.82) is 0 Å². The number of para-hydroxylation sites is 2. The summed E-state index contributed by atoms with van der Waals surface area (Å²) in [6.45, 7) is 0. The molecule has 0 bridgehead atoms. The van der Waals surface area contributed by atoms with Gasteiger partial charge in [-0.1, -0.05) is 72.8 Å². The molecule has 0 N–H and O–H groups in total. The Kier molecular flexibility index (Phi) is 4.81. The third-order valence-electron chi connectivity index (χ3n) is 6.59. The molecule has 6 nitrogen and oxygen atoms in total. The van der Waals surface area contributed by atoms with Crippen LogP contribution < -0.4 is 14.7 Å². The molecular weight excluding hydrogens is 428 g/mol. The summed E-state index contributed by atoms with van der Waals surface area (Å²) in [7, 11) is 1.60. The molecule has 6 heteroatoms. The van der Waals surface area contributed by atoms with Crippen LogP contribution in [0.2, 0.25) is 0 Å². The number of hydrogen-bond acceptors (Lipinski definition) is 5. The number of fused-ring (bicyclic) bond motifs is 2. The van der Waals surface area contributed by atoms with Crippen LogP contribution in [0.1, 0.15) is 11.6 Å². The van der Waals surface area contributed by atoms with Gasteiger partial charge in [0.15, 0.2) is 6.10 Å². The Morgan fingerprint density at radius 3 is 2.29 bits per heavy atom. The monoisotopic (exact) mass is 450 g/mol. The Balaban J connectivity index is 1.49. The minimum absolute atomic E-state index is 0.277. The summed E-state index contributed by atoms with van der Waals surface area (Å²) in [5.41, 5.74) is 2.14. The Labute approximate surface area is 196 Å².